The van der Waals surface area contributed by atoms with E-state index in [2.05, 4.69) is 22.1 Å². The van der Waals surface area contributed by atoms with Gasteiger partial charge in [0.15, 0.2) is 5.82 Å². The first-order chi connectivity index (χ1) is 6.31. The third-order valence-corrected chi connectivity index (χ3v) is 2.47. The zero-order valence-electron chi connectivity index (χ0n) is 7.73. The molecule has 0 radical (unpaired) electrons. The zero-order valence-corrected chi connectivity index (χ0v) is 7.73. The lowest BCUT2D eigenvalue weighted by atomic mass is 10.2. The molecule has 72 valence electrons. The molecule has 1 saturated heterocycles. The van der Waals surface area contributed by atoms with Gasteiger partial charge in [0.2, 0.25) is 5.89 Å². The number of likely N-dealkylation sites (tertiary alicyclic amines) is 1. The van der Waals surface area contributed by atoms with E-state index in [9.17, 15) is 0 Å². The number of aromatic nitrogens is 2. The van der Waals surface area contributed by atoms with Crippen LogP contribution in [0, 0.1) is 0 Å². The summed E-state index contributed by atoms with van der Waals surface area (Å²) in [7, 11) is 2.07. The van der Waals surface area contributed by atoms with Gasteiger partial charge in [-0.15, -0.1) is 0 Å². The van der Waals surface area contributed by atoms with Crippen LogP contribution in [-0.4, -0.2) is 28.6 Å². The number of hydrogen-bond donors (Lipinski definition) is 1. The van der Waals surface area contributed by atoms with Gasteiger partial charge in [0.05, 0.1) is 12.6 Å². The van der Waals surface area contributed by atoms with Crippen molar-refractivity contribution in [1.29, 1.82) is 0 Å². The van der Waals surface area contributed by atoms with Gasteiger partial charge in [-0.1, -0.05) is 5.16 Å². The molecule has 2 N–H and O–H groups in total. The Kier molecular flexibility index (Phi) is 2.28. The Hall–Kier alpha value is -0.940. The normalized spacial score (nSPS) is 24.0. The summed E-state index contributed by atoms with van der Waals surface area (Å²) >= 11 is 0. The summed E-state index contributed by atoms with van der Waals surface area (Å²) in [5.41, 5.74) is 5.40. The summed E-state index contributed by atoms with van der Waals surface area (Å²) in [5, 5.41) is 3.78. The third-order valence-electron chi connectivity index (χ3n) is 2.47. The van der Waals surface area contributed by atoms with Crippen molar-refractivity contribution in [3.05, 3.63) is 11.7 Å². The van der Waals surface area contributed by atoms with Crippen molar-refractivity contribution in [1.82, 2.24) is 15.0 Å². The van der Waals surface area contributed by atoms with E-state index in [1.54, 1.807) is 0 Å². The lowest BCUT2D eigenvalue weighted by Crippen LogP contribution is -2.17. The van der Waals surface area contributed by atoms with Crippen molar-refractivity contribution in [2.24, 2.45) is 5.73 Å². The van der Waals surface area contributed by atoms with Gasteiger partial charge in [0.1, 0.15) is 0 Å². The minimum atomic E-state index is 0.299. The average molecular weight is 182 g/mol. The van der Waals surface area contributed by atoms with Crippen LogP contribution in [-0.2, 0) is 6.54 Å². The molecular weight excluding hydrogens is 168 g/mol. The van der Waals surface area contributed by atoms with Gasteiger partial charge in [-0.3, -0.25) is 4.90 Å². The van der Waals surface area contributed by atoms with Gasteiger partial charge in [-0.2, -0.15) is 4.98 Å². The average Bonchev–Trinajstić information content (AvgIpc) is 2.71. The summed E-state index contributed by atoms with van der Waals surface area (Å²) in [6.45, 7) is 1.45. The molecule has 1 aliphatic heterocycles. The van der Waals surface area contributed by atoms with Crippen molar-refractivity contribution in [3.8, 4) is 0 Å². The summed E-state index contributed by atoms with van der Waals surface area (Å²) in [6.07, 6.45) is 2.30. The van der Waals surface area contributed by atoms with Crippen LogP contribution in [0.5, 0.6) is 0 Å². The van der Waals surface area contributed by atoms with Crippen LogP contribution in [0.4, 0.5) is 0 Å². The summed E-state index contributed by atoms with van der Waals surface area (Å²) < 4.78 is 5.13. The Bertz CT molecular complexity index is 285. The van der Waals surface area contributed by atoms with Crippen LogP contribution in [0.3, 0.4) is 0 Å². The Morgan fingerprint density at radius 2 is 2.54 bits per heavy atom. The quantitative estimate of drug-likeness (QED) is 0.712. The second-order valence-corrected chi connectivity index (χ2v) is 3.39. The molecule has 1 atom stereocenters. The van der Waals surface area contributed by atoms with E-state index in [0.717, 1.165) is 13.0 Å². The molecular formula is C8H14N4O. The standard InChI is InChI=1S/C8H14N4O/c1-12-4-2-3-6(12)8-10-7(5-9)11-13-8/h6H,2-5,9H2,1H3. The second kappa shape index (κ2) is 3.43. The van der Waals surface area contributed by atoms with Crippen LogP contribution < -0.4 is 5.73 Å². The first-order valence-corrected chi connectivity index (χ1v) is 4.54. The highest BCUT2D eigenvalue weighted by molar-refractivity contribution is 4.95. The van der Waals surface area contributed by atoms with Crippen molar-refractivity contribution in [2.75, 3.05) is 13.6 Å². The molecule has 1 fully saturated rings. The molecule has 0 aliphatic carbocycles. The number of nitrogens with zero attached hydrogens (tertiary/aromatic N) is 3. The molecule has 1 aromatic heterocycles. The maximum Gasteiger partial charge on any atom is 0.244 e. The summed E-state index contributed by atoms with van der Waals surface area (Å²) in [5.74, 6) is 1.30. The van der Waals surface area contributed by atoms with Gasteiger partial charge >= 0.3 is 0 Å². The van der Waals surface area contributed by atoms with E-state index >= 15 is 0 Å². The Labute approximate surface area is 76.9 Å². The highest BCUT2D eigenvalue weighted by atomic mass is 16.5. The fourth-order valence-electron chi connectivity index (χ4n) is 1.71. The Morgan fingerprint density at radius 3 is 3.08 bits per heavy atom. The first-order valence-electron chi connectivity index (χ1n) is 4.54. The monoisotopic (exact) mass is 182 g/mol. The topological polar surface area (TPSA) is 68.2 Å². The molecule has 0 amide bonds. The highest BCUT2D eigenvalue weighted by Crippen LogP contribution is 2.28. The van der Waals surface area contributed by atoms with E-state index in [-0.39, 0.29) is 0 Å². The van der Waals surface area contributed by atoms with Gasteiger partial charge in [0, 0.05) is 0 Å². The molecule has 1 unspecified atom stereocenters. The predicted molar refractivity (Wildman–Crippen MR) is 46.8 cm³/mol. The van der Waals surface area contributed by atoms with Crippen molar-refractivity contribution >= 4 is 0 Å². The molecule has 0 bridgehead atoms. The van der Waals surface area contributed by atoms with E-state index in [4.69, 9.17) is 10.3 Å². The van der Waals surface area contributed by atoms with Crippen LogP contribution in [0.15, 0.2) is 4.52 Å². The molecule has 1 aliphatic rings. The molecule has 0 aromatic carbocycles. The Morgan fingerprint density at radius 1 is 1.69 bits per heavy atom. The first kappa shape index (κ1) is 8.65. The summed E-state index contributed by atoms with van der Waals surface area (Å²) in [6, 6.07) is 0.299. The number of hydrogen-bond acceptors (Lipinski definition) is 5. The predicted octanol–water partition coefficient (Wildman–Crippen LogP) is 0.295. The minimum Gasteiger partial charge on any atom is -0.338 e. The van der Waals surface area contributed by atoms with Crippen molar-refractivity contribution in [2.45, 2.75) is 25.4 Å². The number of nitrogens with two attached hydrogens (primary N) is 1. The smallest absolute Gasteiger partial charge is 0.244 e. The maximum absolute atomic E-state index is 5.40. The molecule has 13 heavy (non-hydrogen) atoms. The lowest BCUT2D eigenvalue weighted by Gasteiger charge is -2.14. The Balaban J connectivity index is 2.15. The zero-order chi connectivity index (χ0) is 9.26. The molecule has 0 saturated carbocycles. The van der Waals surface area contributed by atoms with Gasteiger partial charge in [-0.25, -0.2) is 0 Å². The lowest BCUT2D eigenvalue weighted by molar-refractivity contribution is 0.244. The SMILES string of the molecule is CN1CCCC1c1nc(CN)no1. The molecule has 0 spiro atoms. The van der Waals surface area contributed by atoms with Crippen LogP contribution in [0.1, 0.15) is 30.6 Å². The van der Waals surface area contributed by atoms with E-state index in [1.807, 2.05) is 0 Å². The van der Waals surface area contributed by atoms with Crippen LogP contribution in [0.25, 0.3) is 0 Å². The largest absolute Gasteiger partial charge is 0.338 e. The molecule has 5 nitrogen and oxygen atoms in total. The van der Waals surface area contributed by atoms with Gasteiger partial charge in [-0.05, 0) is 26.4 Å². The molecule has 2 heterocycles. The fraction of sp³-hybridized carbons (Fsp3) is 0.750. The fourth-order valence-corrected chi connectivity index (χ4v) is 1.71. The highest BCUT2D eigenvalue weighted by Gasteiger charge is 2.27. The van der Waals surface area contributed by atoms with Crippen LogP contribution >= 0.6 is 0 Å². The maximum atomic E-state index is 5.40. The molecule has 1 aromatic rings. The van der Waals surface area contributed by atoms with Crippen molar-refractivity contribution in [3.63, 3.8) is 0 Å². The third kappa shape index (κ3) is 1.57. The second-order valence-electron chi connectivity index (χ2n) is 3.39. The summed E-state index contributed by atoms with van der Waals surface area (Å²) in [4.78, 5) is 6.45. The molecule has 2 rings (SSSR count). The minimum absolute atomic E-state index is 0.299. The van der Waals surface area contributed by atoms with E-state index in [1.165, 1.54) is 6.42 Å². The van der Waals surface area contributed by atoms with Crippen molar-refractivity contribution < 1.29 is 4.52 Å². The van der Waals surface area contributed by atoms with Gasteiger partial charge < -0.3 is 10.3 Å². The molecule has 5 heteroatoms. The van der Waals surface area contributed by atoms with Gasteiger partial charge in [0.25, 0.3) is 0 Å². The number of rotatable bonds is 2. The van der Waals surface area contributed by atoms with Crippen LogP contribution in [0.2, 0.25) is 0 Å². The van der Waals surface area contributed by atoms with E-state index in [0.29, 0.717) is 24.3 Å². The van der Waals surface area contributed by atoms with E-state index < -0.39 is 0 Å².